The minimum atomic E-state index is -0.183. The number of benzene rings is 2. The second kappa shape index (κ2) is 14.5. The van der Waals surface area contributed by atoms with Gasteiger partial charge in [-0.15, -0.1) is 0 Å². The van der Waals surface area contributed by atoms with Crippen LogP contribution >= 0.6 is 0 Å². The highest BCUT2D eigenvalue weighted by Crippen LogP contribution is 2.31. The number of hydrogen-bond acceptors (Lipinski definition) is 7. The summed E-state index contributed by atoms with van der Waals surface area (Å²) in [5.74, 6) is 0.512. The summed E-state index contributed by atoms with van der Waals surface area (Å²) in [5, 5.41) is 9.43. The molecule has 0 spiro atoms. The summed E-state index contributed by atoms with van der Waals surface area (Å²) in [7, 11) is 0. The Balaban J connectivity index is 1.25. The monoisotopic (exact) mass is 521 g/mol. The molecule has 1 fully saturated rings. The average Bonchev–Trinajstić information content (AvgIpc) is 2.94. The van der Waals surface area contributed by atoms with E-state index in [-0.39, 0.29) is 17.8 Å². The molecule has 1 saturated heterocycles. The average molecular weight is 522 g/mol. The summed E-state index contributed by atoms with van der Waals surface area (Å²) in [6.45, 7) is 6.12. The quantitative estimate of drug-likeness (QED) is 0.239. The molecule has 38 heavy (non-hydrogen) atoms. The number of ether oxygens (including phenoxy) is 3. The lowest BCUT2D eigenvalue weighted by molar-refractivity contribution is -0.145. The van der Waals surface area contributed by atoms with E-state index in [1.165, 1.54) is 19.3 Å². The summed E-state index contributed by atoms with van der Waals surface area (Å²) in [6, 6.07) is 13.0. The lowest BCUT2D eigenvalue weighted by Crippen LogP contribution is -2.32. The zero-order valence-electron chi connectivity index (χ0n) is 22.3. The summed E-state index contributed by atoms with van der Waals surface area (Å²) < 4.78 is 16.6. The Kier molecular flexibility index (Phi) is 10.6. The molecule has 1 unspecified atom stereocenters. The number of hydrazone groups is 1. The SMILES string of the molecule is CCCCCCCOC(=O)CC1COc2ccc(NC(=O)c3ccc(C=NN4CCOCC4)cc3)cc2C1. The first kappa shape index (κ1) is 27.6. The van der Waals surface area contributed by atoms with E-state index in [4.69, 9.17) is 14.2 Å². The molecule has 2 aliphatic heterocycles. The van der Waals surface area contributed by atoms with Crippen LogP contribution in [0.1, 0.15) is 66.9 Å². The normalized spacial score (nSPS) is 17.1. The molecule has 2 aliphatic rings. The Hall–Kier alpha value is -3.39. The molecule has 0 radical (unpaired) electrons. The molecule has 1 N–H and O–H groups in total. The molecular formula is C30H39N3O5. The van der Waals surface area contributed by atoms with E-state index in [9.17, 15) is 9.59 Å². The fourth-order valence-electron chi connectivity index (χ4n) is 4.59. The van der Waals surface area contributed by atoms with Crippen molar-refractivity contribution in [2.45, 2.75) is 51.9 Å². The van der Waals surface area contributed by atoms with Crippen LogP contribution in [0.2, 0.25) is 0 Å². The van der Waals surface area contributed by atoms with E-state index in [2.05, 4.69) is 17.3 Å². The molecule has 2 aromatic rings. The van der Waals surface area contributed by atoms with E-state index in [1.54, 1.807) is 18.3 Å². The van der Waals surface area contributed by atoms with Crippen molar-refractivity contribution in [2.24, 2.45) is 11.0 Å². The van der Waals surface area contributed by atoms with Gasteiger partial charge < -0.3 is 19.5 Å². The van der Waals surface area contributed by atoms with E-state index < -0.39 is 0 Å². The van der Waals surface area contributed by atoms with Gasteiger partial charge in [0.1, 0.15) is 5.75 Å². The van der Waals surface area contributed by atoms with Gasteiger partial charge in [-0.1, -0.05) is 44.7 Å². The first-order valence-electron chi connectivity index (χ1n) is 13.8. The van der Waals surface area contributed by atoms with Gasteiger partial charge in [-0.3, -0.25) is 14.6 Å². The molecule has 0 bridgehead atoms. The van der Waals surface area contributed by atoms with Gasteiger partial charge in [0.2, 0.25) is 0 Å². The van der Waals surface area contributed by atoms with Gasteiger partial charge in [-0.2, -0.15) is 5.10 Å². The number of hydrogen-bond donors (Lipinski definition) is 1. The van der Waals surface area contributed by atoms with Crippen LogP contribution in [0.4, 0.5) is 5.69 Å². The van der Waals surface area contributed by atoms with Crippen LogP contribution in [-0.4, -0.2) is 62.6 Å². The molecule has 0 aliphatic carbocycles. The van der Waals surface area contributed by atoms with Gasteiger partial charge in [-0.05, 0) is 54.3 Å². The topological polar surface area (TPSA) is 89.5 Å². The number of carbonyl (C=O) groups excluding carboxylic acids is 2. The van der Waals surface area contributed by atoms with Gasteiger partial charge in [0.15, 0.2) is 0 Å². The Morgan fingerprint density at radius 3 is 2.66 bits per heavy atom. The molecule has 0 aromatic heterocycles. The molecule has 204 valence electrons. The molecule has 4 rings (SSSR count). The zero-order chi connectivity index (χ0) is 26.6. The van der Waals surface area contributed by atoms with Crippen molar-refractivity contribution in [1.82, 2.24) is 5.01 Å². The maximum Gasteiger partial charge on any atom is 0.306 e. The maximum absolute atomic E-state index is 12.8. The predicted molar refractivity (Wildman–Crippen MR) is 148 cm³/mol. The number of rotatable bonds is 12. The minimum Gasteiger partial charge on any atom is -0.493 e. The zero-order valence-corrected chi connectivity index (χ0v) is 22.3. The van der Waals surface area contributed by atoms with Crippen molar-refractivity contribution in [3.63, 3.8) is 0 Å². The van der Waals surface area contributed by atoms with Gasteiger partial charge in [0.25, 0.3) is 5.91 Å². The first-order valence-corrected chi connectivity index (χ1v) is 13.8. The molecular weight excluding hydrogens is 482 g/mol. The van der Waals surface area contributed by atoms with Crippen molar-refractivity contribution in [3.8, 4) is 5.75 Å². The second-order valence-corrected chi connectivity index (χ2v) is 9.93. The molecule has 8 nitrogen and oxygen atoms in total. The second-order valence-electron chi connectivity index (χ2n) is 9.93. The molecule has 2 aromatic carbocycles. The van der Waals surface area contributed by atoms with E-state index in [0.29, 0.717) is 50.5 Å². The van der Waals surface area contributed by atoms with Crippen LogP contribution in [0.15, 0.2) is 47.6 Å². The number of esters is 1. The smallest absolute Gasteiger partial charge is 0.306 e. The molecule has 2 heterocycles. The molecule has 1 atom stereocenters. The predicted octanol–water partition coefficient (Wildman–Crippen LogP) is 5.06. The van der Waals surface area contributed by atoms with Crippen LogP contribution in [-0.2, 0) is 20.7 Å². The number of amides is 1. The van der Waals surface area contributed by atoms with Gasteiger partial charge >= 0.3 is 5.97 Å². The van der Waals surface area contributed by atoms with Crippen LogP contribution in [0.5, 0.6) is 5.75 Å². The van der Waals surface area contributed by atoms with Gasteiger partial charge in [-0.25, -0.2) is 0 Å². The lowest BCUT2D eigenvalue weighted by atomic mass is 9.93. The number of anilines is 1. The first-order chi connectivity index (χ1) is 18.6. The van der Waals surface area contributed by atoms with Gasteiger partial charge in [0.05, 0.1) is 52.2 Å². The highest BCUT2D eigenvalue weighted by atomic mass is 16.5. The minimum absolute atomic E-state index is 0.0627. The Morgan fingerprint density at radius 2 is 1.87 bits per heavy atom. The fraction of sp³-hybridized carbons (Fsp3) is 0.500. The standard InChI is InChI=1S/C30H39N3O5/c1-2-3-4-5-6-15-37-29(34)19-24-18-26-20-27(11-12-28(26)38-22-24)32-30(35)25-9-7-23(8-10-25)21-31-33-13-16-36-17-14-33/h7-12,20-21,24H,2-6,13-19,22H2,1H3,(H,32,35). The molecule has 8 heteroatoms. The molecule has 0 saturated carbocycles. The van der Waals surface area contributed by atoms with Crippen molar-refractivity contribution < 1.29 is 23.8 Å². The summed E-state index contributed by atoms with van der Waals surface area (Å²) in [4.78, 5) is 25.1. The van der Waals surface area contributed by atoms with Gasteiger partial charge in [0, 0.05) is 17.2 Å². The van der Waals surface area contributed by atoms with Crippen molar-refractivity contribution >= 4 is 23.8 Å². The third-order valence-electron chi connectivity index (χ3n) is 6.80. The largest absolute Gasteiger partial charge is 0.493 e. The van der Waals surface area contributed by atoms with E-state index in [0.717, 1.165) is 42.8 Å². The van der Waals surface area contributed by atoms with Crippen LogP contribution < -0.4 is 10.1 Å². The van der Waals surface area contributed by atoms with Crippen molar-refractivity contribution in [1.29, 1.82) is 0 Å². The number of nitrogens with one attached hydrogen (secondary N) is 1. The number of unbranched alkanes of at least 4 members (excludes halogenated alkanes) is 4. The number of fused-ring (bicyclic) bond motifs is 1. The van der Waals surface area contributed by atoms with E-state index >= 15 is 0 Å². The van der Waals surface area contributed by atoms with Crippen LogP contribution in [0.3, 0.4) is 0 Å². The summed E-state index contributed by atoms with van der Waals surface area (Å²) >= 11 is 0. The number of carbonyl (C=O) groups is 2. The number of morpholine rings is 1. The van der Waals surface area contributed by atoms with Crippen molar-refractivity contribution in [3.05, 3.63) is 59.2 Å². The third-order valence-corrected chi connectivity index (χ3v) is 6.80. The highest BCUT2D eigenvalue weighted by molar-refractivity contribution is 6.04. The summed E-state index contributed by atoms with van der Waals surface area (Å²) in [5.41, 5.74) is 3.18. The fourth-order valence-corrected chi connectivity index (χ4v) is 4.59. The third kappa shape index (κ3) is 8.58. The summed E-state index contributed by atoms with van der Waals surface area (Å²) in [6.07, 6.45) is 8.49. The Bertz CT molecular complexity index is 1080. The number of nitrogens with zero attached hydrogens (tertiary/aromatic N) is 2. The maximum atomic E-state index is 12.8. The van der Waals surface area contributed by atoms with Crippen LogP contribution in [0, 0.1) is 5.92 Å². The highest BCUT2D eigenvalue weighted by Gasteiger charge is 2.23. The van der Waals surface area contributed by atoms with Crippen molar-refractivity contribution in [2.75, 3.05) is 44.8 Å². The van der Waals surface area contributed by atoms with E-state index in [1.807, 2.05) is 35.3 Å². The Labute approximate surface area is 225 Å². The Morgan fingerprint density at radius 1 is 1.08 bits per heavy atom. The molecule has 1 amide bonds. The van der Waals surface area contributed by atoms with Crippen LogP contribution in [0.25, 0.3) is 0 Å². The lowest BCUT2D eigenvalue weighted by Gasteiger charge is -2.25.